The number of benzene rings is 1. The molecule has 0 aliphatic rings. The van der Waals surface area contributed by atoms with Crippen LogP contribution in [0.2, 0.25) is 0 Å². The third-order valence-electron chi connectivity index (χ3n) is 2.68. The van der Waals surface area contributed by atoms with Crippen LogP contribution in [0.3, 0.4) is 0 Å². The molecular weight excluding hydrogens is 256 g/mol. The highest BCUT2D eigenvalue weighted by atomic mass is 32.1. The van der Waals surface area contributed by atoms with Crippen LogP contribution in [0.15, 0.2) is 29.6 Å². The summed E-state index contributed by atoms with van der Waals surface area (Å²) in [5.41, 5.74) is 1.08. The van der Waals surface area contributed by atoms with Gasteiger partial charge in [0.05, 0.1) is 6.54 Å². The third kappa shape index (κ3) is 4.04. The number of carbonyl (C=O) groups excluding carboxylic acids is 1. The van der Waals surface area contributed by atoms with Crippen molar-refractivity contribution in [3.63, 3.8) is 0 Å². The summed E-state index contributed by atoms with van der Waals surface area (Å²) in [4.78, 5) is 11.7. The minimum atomic E-state index is -0.173. The highest BCUT2D eigenvalue weighted by Crippen LogP contribution is 2.25. The predicted octanol–water partition coefficient (Wildman–Crippen LogP) is 2.91. The van der Waals surface area contributed by atoms with Gasteiger partial charge >= 0.3 is 0 Å². The van der Waals surface area contributed by atoms with Gasteiger partial charge < -0.3 is 10.6 Å². The zero-order chi connectivity index (χ0) is 13.9. The lowest BCUT2D eigenvalue weighted by molar-refractivity contribution is -0.121. The molecule has 0 bridgehead atoms. The fraction of sp³-hybridized carbons (Fsp3) is 0.400. The lowest BCUT2D eigenvalue weighted by atomic mass is 10.1. The summed E-state index contributed by atoms with van der Waals surface area (Å²) >= 11 is 1.74. The smallest absolute Gasteiger partial charge is 0.234 e. The van der Waals surface area contributed by atoms with Gasteiger partial charge in [-0.1, -0.05) is 18.2 Å². The van der Waals surface area contributed by atoms with Crippen molar-refractivity contribution in [3.8, 4) is 0 Å². The van der Waals surface area contributed by atoms with E-state index in [1.807, 2.05) is 32.9 Å². The van der Waals surface area contributed by atoms with E-state index in [0.29, 0.717) is 6.54 Å². The molecule has 0 atom stereocenters. The largest absolute Gasteiger partial charge is 0.350 e. The number of amides is 1. The van der Waals surface area contributed by atoms with Crippen LogP contribution in [0.4, 0.5) is 0 Å². The molecule has 2 N–H and O–H groups in total. The van der Waals surface area contributed by atoms with Crippen molar-refractivity contribution < 1.29 is 4.79 Å². The standard InChI is InChI=1S/C15H20N2OS/c1-15(2,3)17-14(18)9-16-8-11-10-19-13-7-5-4-6-12(11)13/h4-7,10,16H,8-9H2,1-3H3,(H,17,18). The number of hydrogen-bond donors (Lipinski definition) is 2. The van der Waals surface area contributed by atoms with Gasteiger partial charge in [-0.15, -0.1) is 11.3 Å². The maximum absolute atomic E-state index is 11.7. The van der Waals surface area contributed by atoms with Crippen LogP contribution in [-0.4, -0.2) is 18.0 Å². The number of carbonyl (C=O) groups is 1. The Morgan fingerprint density at radius 1 is 1.26 bits per heavy atom. The highest BCUT2D eigenvalue weighted by Gasteiger charge is 2.13. The number of rotatable bonds is 4. The predicted molar refractivity (Wildman–Crippen MR) is 81.4 cm³/mol. The Labute approximate surface area is 118 Å². The summed E-state index contributed by atoms with van der Waals surface area (Å²) in [5.74, 6) is 0.0343. The molecular formula is C15H20N2OS. The lowest BCUT2D eigenvalue weighted by Gasteiger charge is -2.20. The molecule has 1 amide bonds. The van der Waals surface area contributed by atoms with Crippen molar-refractivity contribution in [2.24, 2.45) is 0 Å². The molecule has 19 heavy (non-hydrogen) atoms. The average Bonchev–Trinajstić information content (AvgIpc) is 2.70. The number of nitrogens with one attached hydrogen (secondary N) is 2. The zero-order valence-electron chi connectivity index (χ0n) is 11.6. The molecule has 1 aromatic carbocycles. The van der Waals surface area contributed by atoms with E-state index in [9.17, 15) is 4.79 Å². The van der Waals surface area contributed by atoms with Gasteiger partial charge in [0, 0.05) is 16.8 Å². The quantitative estimate of drug-likeness (QED) is 0.901. The van der Waals surface area contributed by atoms with Crippen molar-refractivity contribution in [1.82, 2.24) is 10.6 Å². The first-order valence-electron chi connectivity index (χ1n) is 6.42. The first-order chi connectivity index (χ1) is 8.96. The zero-order valence-corrected chi connectivity index (χ0v) is 12.4. The monoisotopic (exact) mass is 276 g/mol. The van der Waals surface area contributed by atoms with Crippen molar-refractivity contribution in [2.75, 3.05) is 6.54 Å². The van der Waals surface area contributed by atoms with Gasteiger partial charge in [-0.2, -0.15) is 0 Å². The van der Waals surface area contributed by atoms with E-state index in [0.717, 1.165) is 6.54 Å². The number of thiophene rings is 1. The topological polar surface area (TPSA) is 41.1 Å². The van der Waals surface area contributed by atoms with Crippen LogP contribution in [0.5, 0.6) is 0 Å². The van der Waals surface area contributed by atoms with Gasteiger partial charge in [-0.3, -0.25) is 4.79 Å². The summed E-state index contributed by atoms with van der Waals surface area (Å²) in [7, 11) is 0. The second kappa shape index (κ2) is 5.72. The molecule has 0 aliphatic heterocycles. The Kier molecular flexibility index (Phi) is 4.22. The second-order valence-electron chi connectivity index (χ2n) is 5.66. The van der Waals surface area contributed by atoms with Crippen molar-refractivity contribution in [1.29, 1.82) is 0 Å². The van der Waals surface area contributed by atoms with E-state index in [1.54, 1.807) is 11.3 Å². The Hall–Kier alpha value is -1.39. The van der Waals surface area contributed by atoms with Crippen molar-refractivity contribution in [3.05, 3.63) is 35.2 Å². The van der Waals surface area contributed by atoms with Gasteiger partial charge in [-0.05, 0) is 43.2 Å². The van der Waals surface area contributed by atoms with Gasteiger partial charge in [0.25, 0.3) is 0 Å². The van der Waals surface area contributed by atoms with Crippen molar-refractivity contribution in [2.45, 2.75) is 32.9 Å². The molecule has 0 aliphatic carbocycles. The molecule has 0 radical (unpaired) electrons. The minimum absolute atomic E-state index is 0.0343. The Morgan fingerprint density at radius 3 is 2.74 bits per heavy atom. The Morgan fingerprint density at radius 2 is 2.00 bits per heavy atom. The normalized spacial score (nSPS) is 11.7. The van der Waals surface area contributed by atoms with E-state index in [-0.39, 0.29) is 11.4 Å². The van der Waals surface area contributed by atoms with E-state index >= 15 is 0 Å². The SMILES string of the molecule is CC(C)(C)NC(=O)CNCc1csc2ccccc12. The minimum Gasteiger partial charge on any atom is -0.350 e. The number of hydrogen-bond acceptors (Lipinski definition) is 3. The van der Waals surface area contributed by atoms with Crippen LogP contribution >= 0.6 is 11.3 Å². The maximum atomic E-state index is 11.7. The highest BCUT2D eigenvalue weighted by molar-refractivity contribution is 7.17. The van der Waals surface area contributed by atoms with Crippen LogP contribution in [0.1, 0.15) is 26.3 Å². The molecule has 4 heteroatoms. The number of fused-ring (bicyclic) bond motifs is 1. The van der Waals surface area contributed by atoms with E-state index < -0.39 is 0 Å². The fourth-order valence-corrected chi connectivity index (χ4v) is 2.91. The molecule has 0 fully saturated rings. The molecule has 0 unspecified atom stereocenters. The van der Waals surface area contributed by atoms with Crippen molar-refractivity contribution >= 4 is 27.3 Å². The van der Waals surface area contributed by atoms with Crippen LogP contribution in [-0.2, 0) is 11.3 Å². The Bertz CT molecular complexity index is 569. The fourth-order valence-electron chi connectivity index (χ4n) is 1.94. The maximum Gasteiger partial charge on any atom is 0.234 e. The molecule has 0 saturated heterocycles. The molecule has 3 nitrogen and oxygen atoms in total. The summed E-state index contributed by atoms with van der Waals surface area (Å²) in [5, 5.41) is 9.56. The van der Waals surface area contributed by atoms with E-state index in [4.69, 9.17) is 0 Å². The molecule has 0 saturated carbocycles. The van der Waals surface area contributed by atoms with Gasteiger partial charge in [-0.25, -0.2) is 0 Å². The molecule has 102 valence electrons. The van der Waals surface area contributed by atoms with Crippen LogP contribution in [0, 0.1) is 0 Å². The van der Waals surface area contributed by atoms with Gasteiger partial charge in [0.1, 0.15) is 0 Å². The van der Waals surface area contributed by atoms with E-state index in [2.05, 4.69) is 28.1 Å². The molecule has 1 heterocycles. The third-order valence-corrected chi connectivity index (χ3v) is 3.69. The lowest BCUT2D eigenvalue weighted by Crippen LogP contribution is -2.44. The van der Waals surface area contributed by atoms with Gasteiger partial charge in [0.2, 0.25) is 5.91 Å². The first kappa shape index (κ1) is 14.0. The summed E-state index contributed by atoms with van der Waals surface area (Å²) in [6.45, 7) is 7.02. The first-order valence-corrected chi connectivity index (χ1v) is 7.30. The summed E-state index contributed by atoms with van der Waals surface area (Å²) < 4.78 is 1.29. The average molecular weight is 276 g/mol. The molecule has 2 aromatic rings. The Balaban J connectivity index is 1.88. The summed E-state index contributed by atoms with van der Waals surface area (Å²) in [6, 6.07) is 8.34. The van der Waals surface area contributed by atoms with Crippen LogP contribution in [0.25, 0.3) is 10.1 Å². The summed E-state index contributed by atoms with van der Waals surface area (Å²) in [6.07, 6.45) is 0. The molecule has 1 aromatic heterocycles. The van der Waals surface area contributed by atoms with E-state index in [1.165, 1.54) is 15.6 Å². The second-order valence-corrected chi connectivity index (χ2v) is 6.57. The van der Waals surface area contributed by atoms with Gasteiger partial charge in [0.15, 0.2) is 0 Å². The molecule has 0 spiro atoms. The molecule has 2 rings (SSSR count). The van der Waals surface area contributed by atoms with Crippen LogP contribution < -0.4 is 10.6 Å².